The molecule has 0 amide bonds. The number of rotatable bonds is 3. The molecule has 2 aromatic rings. The number of nitrogens with one attached hydrogen (secondary N) is 1. The first-order valence-electron chi connectivity index (χ1n) is 4.99. The van der Waals surface area contributed by atoms with Crippen molar-refractivity contribution in [3.05, 3.63) is 58.6 Å². The monoisotopic (exact) mass is 277 g/mol. The molecule has 16 heavy (non-hydrogen) atoms. The molecule has 1 aromatic carbocycles. The van der Waals surface area contributed by atoms with Gasteiger partial charge in [-0.1, -0.05) is 34.1 Å². The molecule has 0 aliphatic heterocycles. The molecule has 0 aliphatic carbocycles. The molecule has 1 aromatic heterocycles. The van der Waals surface area contributed by atoms with Gasteiger partial charge in [0.1, 0.15) is 6.33 Å². The highest BCUT2D eigenvalue weighted by Crippen LogP contribution is 2.27. The fourth-order valence-electron chi connectivity index (χ4n) is 1.67. The molecular formula is C12H12BrN3. The lowest BCUT2D eigenvalue weighted by atomic mass is 10.0. The second-order valence-electron chi connectivity index (χ2n) is 3.42. The summed E-state index contributed by atoms with van der Waals surface area (Å²) in [5, 5.41) is 3.27. The van der Waals surface area contributed by atoms with Crippen molar-refractivity contribution in [1.82, 2.24) is 15.3 Å². The Labute approximate surface area is 103 Å². The van der Waals surface area contributed by atoms with E-state index in [1.54, 1.807) is 0 Å². The Hall–Kier alpha value is -1.26. The van der Waals surface area contributed by atoms with Gasteiger partial charge in [0.15, 0.2) is 0 Å². The van der Waals surface area contributed by atoms with E-state index in [4.69, 9.17) is 0 Å². The van der Waals surface area contributed by atoms with E-state index in [0.29, 0.717) is 0 Å². The first kappa shape index (κ1) is 11.2. The van der Waals surface area contributed by atoms with Crippen molar-refractivity contribution in [3.63, 3.8) is 0 Å². The average molecular weight is 278 g/mol. The van der Waals surface area contributed by atoms with E-state index in [2.05, 4.69) is 37.3 Å². The smallest absolute Gasteiger partial charge is 0.115 e. The van der Waals surface area contributed by atoms with Crippen LogP contribution >= 0.6 is 15.9 Å². The van der Waals surface area contributed by atoms with Gasteiger partial charge in [-0.05, 0) is 18.7 Å². The van der Waals surface area contributed by atoms with Crippen molar-refractivity contribution in [2.45, 2.75) is 6.04 Å². The Morgan fingerprint density at radius 3 is 2.50 bits per heavy atom. The van der Waals surface area contributed by atoms with Crippen LogP contribution in [0.2, 0.25) is 0 Å². The third-order valence-corrected chi connectivity index (χ3v) is 3.14. The van der Waals surface area contributed by atoms with Gasteiger partial charge in [-0.2, -0.15) is 0 Å². The summed E-state index contributed by atoms with van der Waals surface area (Å²) in [5.41, 5.74) is 2.23. The molecule has 1 N–H and O–H groups in total. The van der Waals surface area contributed by atoms with E-state index in [9.17, 15) is 0 Å². The normalized spacial score (nSPS) is 12.4. The molecule has 4 heteroatoms. The molecule has 2 rings (SSSR count). The van der Waals surface area contributed by atoms with Gasteiger partial charge in [0.2, 0.25) is 0 Å². The third kappa shape index (κ3) is 2.28. The lowest BCUT2D eigenvalue weighted by molar-refractivity contribution is 0.682. The van der Waals surface area contributed by atoms with Crippen molar-refractivity contribution >= 4 is 15.9 Å². The van der Waals surface area contributed by atoms with Gasteiger partial charge in [0.25, 0.3) is 0 Å². The average Bonchev–Trinajstić information content (AvgIpc) is 2.34. The van der Waals surface area contributed by atoms with Crippen LogP contribution in [-0.4, -0.2) is 17.0 Å². The van der Waals surface area contributed by atoms with Crippen molar-refractivity contribution in [2.75, 3.05) is 7.05 Å². The first-order valence-corrected chi connectivity index (χ1v) is 5.79. The van der Waals surface area contributed by atoms with Crippen LogP contribution in [0.3, 0.4) is 0 Å². The molecule has 3 nitrogen and oxygen atoms in total. The highest BCUT2D eigenvalue weighted by Gasteiger charge is 2.14. The number of aromatic nitrogens is 2. The minimum absolute atomic E-state index is 0.108. The Morgan fingerprint density at radius 1 is 1.19 bits per heavy atom. The summed E-state index contributed by atoms with van der Waals surface area (Å²) in [4.78, 5) is 8.08. The number of hydrogen-bond donors (Lipinski definition) is 1. The fraction of sp³-hybridized carbons (Fsp3) is 0.167. The second kappa shape index (κ2) is 5.18. The zero-order valence-electron chi connectivity index (χ0n) is 8.89. The summed E-state index contributed by atoms with van der Waals surface area (Å²) in [5.74, 6) is 0. The maximum absolute atomic E-state index is 4.04. The Morgan fingerprint density at radius 2 is 1.88 bits per heavy atom. The van der Waals surface area contributed by atoms with Crippen molar-refractivity contribution in [1.29, 1.82) is 0 Å². The zero-order chi connectivity index (χ0) is 11.4. The minimum atomic E-state index is 0.108. The predicted octanol–water partition coefficient (Wildman–Crippen LogP) is 2.55. The standard InChI is InChI=1S/C12H12BrN3/c1-14-12(9-6-15-8-16-7-9)10-4-2-3-5-11(10)13/h2-8,12,14H,1H3. The summed E-state index contributed by atoms with van der Waals surface area (Å²) in [6, 6.07) is 8.24. The van der Waals surface area contributed by atoms with E-state index < -0.39 is 0 Å². The van der Waals surface area contributed by atoms with Gasteiger partial charge in [-0.3, -0.25) is 0 Å². The predicted molar refractivity (Wildman–Crippen MR) is 67.1 cm³/mol. The highest BCUT2D eigenvalue weighted by molar-refractivity contribution is 9.10. The molecule has 0 fully saturated rings. The zero-order valence-corrected chi connectivity index (χ0v) is 10.5. The van der Waals surface area contributed by atoms with E-state index in [0.717, 1.165) is 10.0 Å². The number of hydrogen-bond acceptors (Lipinski definition) is 3. The van der Waals surface area contributed by atoms with Gasteiger partial charge < -0.3 is 5.32 Å². The topological polar surface area (TPSA) is 37.8 Å². The molecule has 0 bridgehead atoms. The minimum Gasteiger partial charge on any atom is -0.309 e. The largest absolute Gasteiger partial charge is 0.309 e. The van der Waals surface area contributed by atoms with Crippen LogP contribution in [0, 0.1) is 0 Å². The highest BCUT2D eigenvalue weighted by atomic mass is 79.9. The quantitative estimate of drug-likeness (QED) is 0.937. The van der Waals surface area contributed by atoms with Crippen molar-refractivity contribution in [3.8, 4) is 0 Å². The Bertz CT molecular complexity index is 459. The maximum Gasteiger partial charge on any atom is 0.115 e. The molecule has 1 atom stereocenters. The van der Waals surface area contributed by atoms with Crippen LogP contribution in [0.1, 0.15) is 17.2 Å². The van der Waals surface area contributed by atoms with E-state index in [1.807, 2.05) is 37.6 Å². The third-order valence-electron chi connectivity index (χ3n) is 2.42. The number of nitrogens with zero attached hydrogens (tertiary/aromatic N) is 2. The Kier molecular flexibility index (Phi) is 3.64. The van der Waals surface area contributed by atoms with Crippen LogP contribution in [0.25, 0.3) is 0 Å². The van der Waals surface area contributed by atoms with Gasteiger partial charge in [0.05, 0.1) is 6.04 Å². The number of halogens is 1. The molecule has 1 heterocycles. The summed E-state index contributed by atoms with van der Waals surface area (Å²) < 4.78 is 1.08. The van der Waals surface area contributed by atoms with Crippen molar-refractivity contribution in [2.24, 2.45) is 0 Å². The summed E-state index contributed by atoms with van der Waals surface area (Å²) in [6.45, 7) is 0. The van der Waals surface area contributed by atoms with E-state index in [-0.39, 0.29) is 6.04 Å². The van der Waals surface area contributed by atoms with Crippen LogP contribution in [0.15, 0.2) is 47.5 Å². The molecule has 82 valence electrons. The maximum atomic E-state index is 4.04. The Balaban J connectivity index is 2.41. The molecule has 0 saturated carbocycles. The van der Waals surface area contributed by atoms with Gasteiger partial charge >= 0.3 is 0 Å². The van der Waals surface area contributed by atoms with Gasteiger partial charge in [0, 0.05) is 22.4 Å². The summed E-state index contributed by atoms with van der Waals surface area (Å²) >= 11 is 3.55. The van der Waals surface area contributed by atoms with E-state index >= 15 is 0 Å². The van der Waals surface area contributed by atoms with Crippen LogP contribution < -0.4 is 5.32 Å². The molecule has 0 radical (unpaired) electrons. The second-order valence-corrected chi connectivity index (χ2v) is 4.27. The lowest BCUT2D eigenvalue weighted by Gasteiger charge is -2.17. The molecular weight excluding hydrogens is 266 g/mol. The van der Waals surface area contributed by atoms with Crippen LogP contribution in [-0.2, 0) is 0 Å². The molecule has 0 saturated heterocycles. The molecule has 1 unspecified atom stereocenters. The fourth-order valence-corrected chi connectivity index (χ4v) is 2.18. The summed E-state index contributed by atoms with van der Waals surface area (Å²) in [7, 11) is 1.93. The molecule has 0 aliphatic rings. The SMILES string of the molecule is CNC(c1cncnc1)c1ccccc1Br. The van der Waals surface area contributed by atoms with Crippen molar-refractivity contribution < 1.29 is 0 Å². The van der Waals surface area contributed by atoms with Crippen LogP contribution in [0.4, 0.5) is 0 Å². The first-order chi connectivity index (χ1) is 7.83. The number of benzene rings is 1. The van der Waals surface area contributed by atoms with E-state index in [1.165, 1.54) is 11.9 Å². The van der Waals surface area contributed by atoms with Gasteiger partial charge in [-0.15, -0.1) is 0 Å². The van der Waals surface area contributed by atoms with Crippen LogP contribution in [0.5, 0.6) is 0 Å². The lowest BCUT2D eigenvalue weighted by Crippen LogP contribution is -2.18. The summed E-state index contributed by atoms with van der Waals surface area (Å²) in [6.07, 6.45) is 5.19. The van der Waals surface area contributed by atoms with Gasteiger partial charge in [-0.25, -0.2) is 9.97 Å². The molecule has 0 spiro atoms.